The molecule has 0 radical (unpaired) electrons. The zero-order valence-corrected chi connectivity index (χ0v) is 11.2. The molecule has 7 heteroatoms. The molecule has 1 atom stereocenters. The molecular weight excluding hydrogens is 278 g/mol. The summed E-state index contributed by atoms with van der Waals surface area (Å²) in [5.74, 6) is -4.65. The molecular formula is C12H14F2O4S. The van der Waals surface area contributed by atoms with Crippen LogP contribution in [0.5, 0.6) is 0 Å². The van der Waals surface area contributed by atoms with Crippen molar-refractivity contribution in [3.63, 3.8) is 0 Å². The van der Waals surface area contributed by atoms with Crippen LogP contribution in [0.25, 0.3) is 0 Å². The molecule has 0 aliphatic rings. The van der Waals surface area contributed by atoms with Crippen molar-refractivity contribution >= 4 is 15.8 Å². The predicted molar refractivity (Wildman–Crippen MR) is 65.2 cm³/mol. The van der Waals surface area contributed by atoms with Crippen LogP contribution in [0.2, 0.25) is 0 Å². The van der Waals surface area contributed by atoms with Crippen LogP contribution in [0.3, 0.4) is 0 Å². The number of halogens is 2. The minimum Gasteiger partial charge on any atom is -0.480 e. The van der Waals surface area contributed by atoms with Crippen LogP contribution in [0.4, 0.5) is 8.78 Å². The lowest BCUT2D eigenvalue weighted by Crippen LogP contribution is -2.36. The molecule has 0 spiro atoms. The fraction of sp³-hybridized carbons (Fsp3) is 0.417. The highest BCUT2D eigenvalue weighted by molar-refractivity contribution is 7.92. The molecule has 1 rings (SSSR count). The van der Waals surface area contributed by atoms with Gasteiger partial charge in [0, 0.05) is 5.56 Å². The van der Waals surface area contributed by atoms with Gasteiger partial charge >= 0.3 is 5.97 Å². The van der Waals surface area contributed by atoms with E-state index < -0.39 is 44.4 Å². The molecule has 19 heavy (non-hydrogen) atoms. The monoisotopic (exact) mass is 292 g/mol. The van der Waals surface area contributed by atoms with E-state index in [4.69, 9.17) is 5.11 Å². The molecule has 1 aromatic carbocycles. The van der Waals surface area contributed by atoms with Crippen molar-refractivity contribution in [3.05, 3.63) is 35.4 Å². The summed E-state index contributed by atoms with van der Waals surface area (Å²) in [4.78, 5) is 11.0. The predicted octanol–water partition coefficient (Wildman–Crippen LogP) is 1.99. The van der Waals surface area contributed by atoms with Gasteiger partial charge < -0.3 is 5.11 Å². The first kappa shape index (κ1) is 15.6. The van der Waals surface area contributed by atoms with Crippen LogP contribution in [0, 0.1) is 17.6 Å². The molecule has 1 N–H and O–H groups in total. The minimum atomic E-state index is -4.12. The summed E-state index contributed by atoms with van der Waals surface area (Å²) in [6.45, 7) is 2.89. The van der Waals surface area contributed by atoms with Crippen molar-refractivity contribution < 1.29 is 27.1 Å². The largest absolute Gasteiger partial charge is 0.480 e. The van der Waals surface area contributed by atoms with Crippen LogP contribution in [-0.2, 0) is 20.4 Å². The van der Waals surface area contributed by atoms with Gasteiger partial charge in [-0.15, -0.1) is 0 Å². The summed E-state index contributed by atoms with van der Waals surface area (Å²) in [7, 11) is -4.12. The number of carboxylic acids is 1. The van der Waals surface area contributed by atoms with Crippen molar-refractivity contribution in [1.29, 1.82) is 0 Å². The third-order valence-electron chi connectivity index (χ3n) is 2.60. The molecule has 0 bridgehead atoms. The van der Waals surface area contributed by atoms with Gasteiger partial charge in [0.15, 0.2) is 15.1 Å². The van der Waals surface area contributed by atoms with E-state index in [2.05, 4.69) is 0 Å². The highest BCUT2D eigenvalue weighted by Crippen LogP contribution is 2.20. The lowest BCUT2D eigenvalue weighted by atomic mass is 10.1. The molecule has 106 valence electrons. The number of carbonyl (C=O) groups is 1. The van der Waals surface area contributed by atoms with E-state index in [0.29, 0.717) is 0 Å². The SMILES string of the molecule is CC(C)C(C(=O)O)S(=O)(=O)Cc1cc(F)ccc1F. The highest BCUT2D eigenvalue weighted by Gasteiger charge is 2.35. The Labute approximate surface area is 110 Å². The second kappa shape index (κ2) is 5.64. The normalized spacial score (nSPS) is 13.5. The molecule has 1 unspecified atom stereocenters. The van der Waals surface area contributed by atoms with E-state index >= 15 is 0 Å². The van der Waals surface area contributed by atoms with Crippen LogP contribution in [0.1, 0.15) is 19.4 Å². The first-order chi connectivity index (χ1) is 8.65. The highest BCUT2D eigenvalue weighted by atomic mass is 32.2. The van der Waals surface area contributed by atoms with E-state index in [9.17, 15) is 22.0 Å². The molecule has 0 aromatic heterocycles. The van der Waals surface area contributed by atoms with E-state index in [1.165, 1.54) is 13.8 Å². The second-order valence-corrected chi connectivity index (χ2v) is 6.67. The fourth-order valence-corrected chi connectivity index (χ4v) is 3.78. The maximum Gasteiger partial charge on any atom is 0.322 e. The lowest BCUT2D eigenvalue weighted by molar-refractivity contribution is -0.137. The fourth-order valence-electron chi connectivity index (χ4n) is 1.81. The Bertz CT molecular complexity index is 581. The Morgan fingerprint density at radius 1 is 1.32 bits per heavy atom. The van der Waals surface area contributed by atoms with Crippen molar-refractivity contribution in [2.45, 2.75) is 24.9 Å². The maximum atomic E-state index is 13.4. The van der Waals surface area contributed by atoms with Crippen LogP contribution >= 0.6 is 0 Å². The van der Waals surface area contributed by atoms with Crippen molar-refractivity contribution in [3.8, 4) is 0 Å². The summed E-state index contributed by atoms with van der Waals surface area (Å²) in [5.41, 5.74) is -0.369. The van der Waals surface area contributed by atoms with Crippen LogP contribution < -0.4 is 0 Å². The summed E-state index contributed by atoms with van der Waals surface area (Å²) >= 11 is 0. The average Bonchev–Trinajstić information content (AvgIpc) is 2.21. The first-order valence-corrected chi connectivity index (χ1v) is 7.25. The van der Waals surface area contributed by atoms with Crippen molar-refractivity contribution in [2.24, 2.45) is 5.92 Å². The Balaban J connectivity index is 3.15. The third-order valence-corrected chi connectivity index (χ3v) is 4.83. The van der Waals surface area contributed by atoms with Gasteiger partial charge in [-0.1, -0.05) is 13.8 Å². The standard InChI is InChI=1S/C12H14F2O4S/c1-7(2)11(12(15)16)19(17,18)6-8-5-9(13)3-4-10(8)14/h3-5,7,11H,6H2,1-2H3,(H,15,16). The molecule has 0 amide bonds. The number of benzene rings is 1. The van der Waals surface area contributed by atoms with Gasteiger partial charge in [0.2, 0.25) is 0 Å². The topological polar surface area (TPSA) is 71.4 Å². The smallest absolute Gasteiger partial charge is 0.322 e. The first-order valence-electron chi connectivity index (χ1n) is 5.53. The van der Waals surface area contributed by atoms with Gasteiger partial charge in [-0.3, -0.25) is 4.79 Å². The quantitative estimate of drug-likeness (QED) is 0.901. The number of hydrogen-bond donors (Lipinski definition) is 1. The van der Waals surface area contributed by atoms with Gasteiger partial charge in [-0.2, -0.15) is 0 Å². The van der Waals surface area contributed by atoms with E-state index in [-0.39, 0.29) is 5.56 Å². The number of aliphatic carboxylic acids is 1. The number of sulfone groups is 1. The molecule has 0 aliphatic heterocycles. The average molecular weight is 292 g/mol. The van der Waals surface area contributed by atoms with Crippen LogP contribution in [-0.4, -0.2) is 24.7 Å². The summed E-state index contributed by atoms with van der Waals surface area (Å²) in [5, 5.41) is 7.29. The summed E-state index contributed by atoms with van der Waals surface area (Å²) < 4.78 is 50.3. The zero-order valence-electron chi connectivity index (χ0n) is 10.4. The summed E-state index contributed by atoms with van der Waals surface area (Å²) in [6, 6.07) is 2.43. The van der Waals surface area contributed by atoms with Gasteiger partial charge in [0.1, 0.15) is 11.6 Å². The van der Waals surface area contributed by atoms with Gasteiger partial charge in [0.25, 0.3) is 0 Å². The Morgan fingerprint density at radius 3 is 2.37 bits per heavy atom. The lowest BCUT2D eigenvalue weighted by Gasteiger charge is -2.17. The molecule has 0 saturated heterocycles. The Hall–Kier alpha value is -1.50. The summed E-state index contributed by atoms with van der Waals surface area (Å²) in [6.07, 6.45) is 0. The molecule has 1 aromatic rings. The molecule has 0 aliphatic carbocycles. The van der Waals surface area contributed by atoms with E-state index in [1.54, 1.807) is 0 Å². The zero-order chi connectivity index (χ0) is 14.8. The van der Waals surface area contributed by atoms with Gasteiger partial charge in [0.05, 0.1) is 5.75 Å². The van der Waals surface area contributed by atoms with Gasteiger partial charge in [-0.05, 0) is 24.1 Å². The van der Waals surface area contributed by atoms with E-state index in [0.717, 1.165) is 18.2 Å². The molecule has 0 fully saturated rings. The van der Waals surface area contributed by atoms with E-state index in [1.807, 2.05) is 0 Å². The van der Waals surface area contributed by atoms with Gasteiger partial charge in [-0.25, -0.2) is 17.2 Å². The number of hydrogen-bond acceptors (Lipinski definition) is 3. The second-order valence-electron chi connectivity index (χ2n) is 4.55. The third kappa shape index (κ3) is 3.73. The Morgan fingerprint density at radius 2 is 1.89 bits per heavy atom. The van der Waals surface area contributed by atoms with Crippen molar-refractivity contribution in [2.75, 3.05) is 0 Å². The molecule has 4 nitrogen and oxygen atoms in total. The minimum absolute atomic E-state index is 0.369. The Kier molecular flexibility index (Phi) is 4.62. The molecule has 0 saturated carbocycles. The molecule has 0 heterocycles. The number of carboxylic acid groups (broad SMARTS) is 1. The maximum absolute atomic E-state index is 13.4. The van der Waals surface area contributed by atoms with Crippen LogP contribution in [0.15, 0.2) is 18.2 Å². The van der Waals surface area contributed by atoms with Crippen molar-refractivity contribution in [1.82, 2.24) is 0 Å². The number of rotatable bonds is 5.